The minimum absolute atomic E-state index is 0.0709. The lowest BCUT2D eigenvalue weighted by Crippen LogP contribution is -2.16. The van der Waals surface area contributed by atoms with Crippen LogP contribution in [0.5, 0.6) is 5.75 Å². The van der Waals surface area contributed by atoms with E-state index in [4.69, 9.17) is 4.74 Å². The average molecular weight is 306 g/mol. The Morgan fingerprint density at radius 1 is 1.00 bits per heavy atom. The third-order valence-corrected chi connectivity index (χ3v) is 2.67. The van der Waals surface area contributed by atoms with Crippen molar-refractivity contribution in [2.24, 2.45) is 5.41 Å². The van der Waals surface area contributed by atoms with Crippen LogP contribution in [-0.4, -0.2) is 32.8 Å². The summed E-state index contributed by atoms with van der Waals surface area (Å²) in [6.07, 6.45) is 1.42. The van der Waals surface area contributed by atoms with E-state index in [0.29, 0.717) is 12.2 Å². The summed E-state index contributed by atoms with van der Waals surface area (Å²) < 4.78 is 14.8. The molecule has 120 valence electrons. The molecule has 5 heteroatoms. The molecule has 0 heterocycles. The molecule has 1 aromatic rings. The molecule has 5 nitrogen and oxygen atoms in total. The molecule has 22 heavy (non-hydrogen) atoms. The van der Waals surface area contributed by atoms with E-state index < -0.39 is 11.9 Å². The highest BCUT2D eigenvalue weighted by molar-refractivity contribution is 6.17. The van der Waals surface area contributed by atoms with Crippen LogP contribution in [0.1, 0.15) is 26.3 Å². The predicted molar refractivity (Wildman–Crippen MR) is 83.4 cm³/mol. The Morgan fingerprint density at radius 2 is 1.50 bits per heavy atom. The van der Waals surface area contributed by atoms with E-state index in [9.17, 15) is 9.59 Å². The van der Waals surface area contributed by atoms with E-state index in [1.54, 1.807) is 24.3 Å². The van der Waals surface area contributed by atoms with Crippen molar-refractivity contribution in [3.63, 3.8) is 0 Å². The lowest BCUT2D eigenvalue weighted by Gasteiger charge is -2.18. The molecule has 0 aliphatic heterocycles. The standard InChI is InChI=1S/C17H22O5/c1-17(2,3)11-22-13-8-6-12(7-9-13)10-14(15(18)20-4)16(19)21-5/h6-10H,11H2,1-5H3. The molecule has 0 aromatic heterocycles. The lowest BCUT2D eigenvalue weighted by atomic mass is 9.99. The number of hydrogen-bond acceptors (Lipinski definition) is 5. The summed E-state index contributed by atoms with van der Waals surface area (Å²) in [4.78, 5) is 23.2. The minimum atomic E-state index is -0.736. The maximum absolute atomic E-state index is 11.6. The van der Waals surface area contributed by atoms with Crippen LogP contribution < -0.4 is 4.74 Å². The largest absolute Gasteiger partial charge is 0.493 e. The van der Waals surface area contributed by atoms with Crippen molar-refractivity contribution in [3.8, 4) is 5.75 Å². The average Bonchev–Trinajstić information content (AvgIpc) is 2.49. The molecule has 0 saturated carbocycles. The maximum Gasteiger partial charge on any atom is 0.345 e. The summed E-state index contributed by atoms with van der Waals surface area (Å²) in [5, 5.41) is 0. The lowest BCUT2D eigenvalue weighted by molar-refractivity contribution is -0.143. The number of esters is 2. The molecule has 1 rings (SSSR count). The van der Waals surface area contributed by atoms with Crippen LogP contribution in [0.15, 0.2) is 29.8 Å². The molecule has 1 aromatic carbocycles. The number of hydrogen-bond donors (Lipinski definition) is 0. The molecule has 0 aliphatic rings. The summed E-state index contributed by atoms with van der Waals surface area (Å²) >= 11 is 0. The normalized spacial score (nSPS) is 10.6. The highest BCUT2D eigenvalue weighted by Crippen LogP contribution is 2.19. The zero-order chi connectivity index (χ0) is 16.8. The summed E-state index contributed by atoms with van der Waals surface area (Å²) in [5.74, 6) is -0.746. The molecule has 0 aliphatic carbocycles. The van der Waals surface area contributed by atoms with Gasteiger partial charge in [0.15, 0.2) is 0 Å². The Bertz CT molecular complexity index is 531. The Balaban J connectivity index is 2.90. The topological polar surface area (TPSA) is 61.8 Å². The second-order valence-electron chi connectivity index (χ2n) is 5.96. The Morgan fingerprint density at radius 3 is 1.91 bits per heavy atom. The van der Waals surface area contributed by atoms with Crippen molar-refractivity contribution in [2.75, 3.05) is 20.8 Å². The second kappa shape index (κ2) is 7.64. The van der Waals surface area contributed by atoms with E-state index in [2.05, 4.69) is 30.2 Å². The molecule has 0 unspecified atom stereocenters. The van der Waals surface area contributed by atoms with E-state index in [1.807, 2.05) is 0 Å². The molecular formula is C17H22O5. The molecular weight excluding hydrogens is 284 g/mol. The zero-order valence-corrected chi connectivity index (χ0v) is 13.6. The third-order valence-electron chi connectivity index (χ3n) is 2.67. The van der Waals surface area contributed by atoms with Gasteiger partial charge in [-0.1, -0.05) is 32.9 Å². The van der Waals surface area contributed by atoms with Gasteiger partial charge in [0.1, 0.15) is 11.3 Å². The van der Waals surface area contributed by atoms with Crippen LogP contribution >= 0.6 is 0 Å². The van der Waals surface area contributed by atoms with Crippen LogP contribution in [0, 0.1) is 5.41 Å². The summed E-state index contributed by atoms with van der Waals surface area (Å²) in [6.45, 7) is 6.85. The monoisotopic (exact) mass is 306 g/mol. The quantitative estimate of drug-likeness (QED) is 0.362. The van der Waals surface area contributed by atoms with Gasteiger partial charge in [0.25, 0.3) is 0 Å². The fraction of sp³-hybridized carbons (Fsp3) is 0.412. The number of ether oxygens (including phenoxy) is 3. The van der Waals surface area contributed by atoms with Gasteiger partial charge < -0.3 is 14.2 Å². The molecule has 0 bridgehead atoms. The first-order chi connectivity index (χ1) is 10.3. The Hall–Kier alpha value is -2.30. The van der Waals surface area contributed by atoms with Crippen molar-refractivity contribution in [1.29, 1.82) is 0 Å². The fourth-order valence-corrected chi connectivity index (χ4v) is 1.55. The molecule has 0 radical (unpaired) electrons. The highest BCUT2D eigenvalue weighted by atomic mass is 16.5. The zero-order valence-electron chi connectivity index (χ0n) is 13.6. The number of rotatable bonds is 5. The smallest absolute Gasteiger partial charge is 0.345 e. The third kappa shape index (κ3) is 5.60. The van der Waals surface area contributed by atoms with Crippen LogP contribution in [0.3, 0.4) is 0 Å². The van der Waals surface area contributed by atoms with Gasteiger partial charge in [-0.25, -0.2) is 9.59 Å². The van der Waals surface area contributed by atoms with E-state index >= 15 is 0 Å². The van der Waals surface area contributed by atoms with Crippen molar-refractivity contribution >= 4 is 18.0 Å². The SMILES string of the molecule is COC(=O)C(=Cc1ccc(OCC(C)(C)C)cc1)C(=O)OC. The first-order valence-electron chi connectivity index (χ1n) is 6.88. The predicted octanol–water partition coefficient (Wildman–Crippen LogP) is 2.84. The van der Waals surface area contributed by atoms with Gasteiger partial charge in [0.05, 0.1) is 20.8 Å². The van der Waals surface area contributed by atoms with Crippen molar-refractivity contribution in [2.45, 2.75) is 20.8 Å². The minimum Gasteiger partial charge on any atom is -0.493 e. The second-order valence-corrected chi connectivity index (χ2v) is 5.96. The summed E-state index contributed by atoms with van der Waals surface area (Å²) in [5.41, 5.74) is 0.587. The molecule has 0 amide bonds. The summed E-state index contributed by atoms with van der Waals surface area (Å²) in [6, 6.07) is 7.07. The van der Waals surface area contributed by atoms with E-state index in [0.717, 1.165) is 5.75 Å². The molecule has 0 fully saturated rings. The first-order valence-corrected chi connectivity index (χ1v) is 6.88. The van der Waals surface area contributed by atoms with Gasteiger partial charge in [-0.3, -0.25) is 0 Å². The van der Waals surface area contributed by atoms with Gasteiger partial charge in [-0.2, -0.15) is 0 Å². The Labute approximate surface area is 130 Å². The van der Waals surface area contributed by atoms with Crippen LogP contribution in [0.25, 0.3) is 6.08 Å². The van der Waals surface area contributed by atoms with Crippen molar-refractivity contribution < 1.29 is 23.8 Å². The van der Waals surface area contributed by atoms with Crippen LogP contribution in [0.4, 0.5) is 0 Å². The fourth-order valence-electron chi connectivity index (χ4n) is 1.55. The number of carbonyl (C=O) groups is 2. The number of benzene rings is 1. The molecule has 0 saturated heterocycles. The Kier molecular flexibility index (Phi) is 6.16. The van der Waals surface area contributed by atoms with Gasteiger partial charge >= 0.3 is 11.9 Å². The number of methoxy groups -OCH3 is 2. The molecule has 0 N–H and O–H groups in total. The van der Waals surface area contributed by atoms with Crippen molar-refractivity contribution in [1.82, 2.24) is 0 Å². The summed E-state index contributed by atoms with van der Waals surface area (Å²) in [7, 11) is 2.42. The highest BCUT2D eigenvalue weighted by Gasteiger charge is 2.19. The van der Waals surface area contributed by atoms with Gasteiger partial charge in [0.2, 0.25) is 0 Å². The number of carbonyl (C=O) groups excluding carboxylic acids is 2. The molecule has 0 spiro atoms. The van der Waals surface area contributed by atoms with Gasteiger partial charge in [-0.05, 0) is 29.2 Å². The van der Waals surface area contributed by atoms with Crippen LogP contribution in [-0.2, 0) is 19.1 Å². The van der Waals surface area contributed by atoms with Crippen LogP contribution in [0.2, 0.25) is 0 Å². The van der Waals surface area contributed by atoms with Gasteiger partial charge in [0, 0.05) is 0 Å². The molecule has 0 atom stereocenters. The maximum atomic E-state index is 11.6. The first kappa shape index (κ1) is 17.8. The van der Waals surface area contributed by atoms with Gasteiger partial charge in [-0.15, -0.1) is 0 Å². The van der Waals surface area contributed by atoms with E-state index in [1.165, 1.54) is 20.3 Å². The van der Waals surface area contributed by atoms with E-state index in [-0.39, 0.29) is 11.0 Å². The van der Waals surface area contributed by atoms with Crippen molar-refractivity contribution in [3.05, 3.63) is 35.4 Å².